The van der Waals surface area contributed by atoms with Crippen molar-refractivity contribution in [2.75, 3.05) is 13.1 Å². The lowest BCUT2D eigenvalue weighted by molar-refractivity contribution is -0.148. The molecule has 2 amide bonds. The number of hydrogen-bond acceptors (Lipinski definition) is 3. The molecule has 0 aromatic heterocycles. The smallest absolute Gasteiger partial charge is 0.311 e. The second-order valence-electron chi connectivity index (χ2n) is 5.39. The molecule has 2 rings (SSSR count). The number of aliphatic hydroxyl groups is 1. The number of carbonyl (C=O) groups is 2. The van der Waals surface area contributed by atoms with Gasteiger partial charge in [0.2, 0.25) is 0 Å². The highest BCUT2D eigenvalue weighted by molar-refractivity contribution is 6.35. The van der Waals surface area contributed by atoms with Crippen LogP contribution in [-0.2, 0) is 16.1 Å². The minimum atomic E-state index is -0.707. The summed E-state index contributed by atoms with van der Waals surface area (Å²) < 4.78 is 12.8. The van der Waals surface area contributed by atoms with Crippen molar-refractivity contribution < 1.29 is 19.1 Å². The summed E-state index contributed by atoms with van der Waals surface area (Å²) in [7, 11) is 0. The van der Waals surface area contributed by atoms with E-state index in [1.807, 2.05) is 6.92 Å². The fourth-order valence-corrected chi connectivity index (χ4v) is 2.24. The van der Waals surface area contributed by atoms with Gasteiger partial charge in [-0.25, -0.2) is 4.39 Å². The van der Waals surface area contributed by atoms with Gasteiger partial charge in [0.1, 0.15) is 5.82 Å². The summed E-state index contributed by atoms with van der Waals surface area (Å²) >= 11 is 0. The number of amides is 2. The van der Waals surface area contributed by atoms with Crippen LogP contribution in [0.15, 0.2) is 24.3 Å². The van der Waals surface area contributed by atoms with Gasteiger partial charge in [-0.2, -0.15) is 0 Å². The maximum absolute atomic E-state index is 12.8. The van der Waals surface area contributed by atoms with Crippen molar-refractivity contribution >= 4 is 11.8 Å². The van der Waals surface area contributed by atoms with E-state index in [1.54, 1.807) is 12.1 Å². The summed E-state index contributed by atoms with van der Waals surface area (Å²) in [5, 5.41) is 12.3. The Bertz CT molecular complexity index is 518. The molecular weight excluding hydrogens is 275 g/mol. The third-order valence-electron chi connectivity index (χ3n) is 3.77. The Balaban J connectivity index is 1.85. The van der Waals surface area contributed by atoms with Crippen LogP contribution in [0.3, 0.4) is 0 Å². The second kappa shape index (κ2) is 6.67. The number of carbonyl (C=O) groups excluding carboxylic acids is 2. The number of rotatable bonds is 2. The standard InChI is InChI=1S/C15H19FN2O3/c1-10-6-7-18(9-13(10)19)15(21)14(20)17-8-11-2-4-12(16)5-3-11/h2-5,10,13,19H,6-9H2,1H3,(H,17,20). The predicted molar refractivity (Wildman–Crippen MR) is 74.6 cm³/mol. The number of hydrogen-bond donors (Lipinski definition) is 2. The van der Waals surface area contributed by atoms with Crippen LogP contribution >= 0.6 is 0 Å². The Morgan fingerprint density at radius 2 is 2.05 bits per heavy atom. The van der Waals surface area contributed by atoms with E-state index in [0.717, 1.165) is 0 Å². The summed E-state index contributed by atoms with van der Waals surface area (Å²) in [6.07, 6.45) is 0.0885. The molecule has 1 aliphatic heterocycles. The first-order chi connectivity index (χ1) is 9.97. The van der Waals surface area contributed by atoms with E-state index in [0.29, 0.717) is 18.5 Å². The van der Waals surface area contributed by atoms with Crippen LogP contribution in [0, 0.1) is 11.7 Å². The summed E-state index contributed by atoms with van der Waals surface area (Å²) in [5.74, 6) is -1.56. The molecule has 6 heteroatoms. The van der Waals surface area contributed by atoms with Gasteiger partial charge in [0.05, 0.1) is 6.10 Å². The number of nitrogens with zero attached hydrogens (tertiary/aromatic N) is 1. The molecule has 21 heavy (non-hydrogen) atoms. The number of benzene rings is 1. The van der Waals surface area contributed by atoms with E-state index in [2.05, 4.69) is 5.32 Å². The van der Waals surface area contributed by atoms with Gasteiger partial charge in [-0.15, -0.1) is 0 Å². The molecule has 1 aliphatic rings. The second-order valence-corrected chi connectivity index (χ2v) is 5.39. The number of likely N-dealkylation sites (tertiary alicyclic amines) is 1. The van der Waals surface area contributed by atoms with Crippen LogP contribution in [0.1, 0.15) is 18.9 Å². The molecule has 0 spiro atoms. The van der Waals surface area contributed by atoms with Gasteiger partial charge < -0.3 is 15.3 Å². The van der Waals surface area contributed by atoms with Crippen LogP contribution in [-0.4, -0.2) is 41.0 Å². The lowest BCUT2D eigenvalue weighted by Gasteiger charge is -2.33. The Hall–Kier alpha value is -1.95. The van der Waals surface area contributed by atoms with E-state index in [9.17, 15) is 19.1 Å². The van der Waals surface area contributed by atoms with E-state index in [1.165, 1.54) is 17.0 Å². The minimum absolute atomic E-state index is 0.135. The van der Waals surface area contributed by atoms with Crippen LogP contribution in [0.4, 0.5) is 4.39 Å². The highest BCUT2D eigenvalue weighted by Crippen LogP contribution is 2.16. The SMILES string of the molecule is CC1CCN(C(=O)C(=O)NCc2ccc(F)cc2)CC1O. The zero-order valence-corrected chi connectivity index (χ0v) is 11.9. The quantitative estimate of drug-likeness (QED) is 0.788. The first kappa shape index (κ1) is 15.4. The Morgan fingerprint density at radius 1 is 1.38 bits per heavy atom. The van der Waals surface area contributed by atoms with Crippen LogP contribution < -0.4 is 5.32 Å². The maximum atomic E-state index is 12.8. The first-order valence-electron chi connectivity index (χ1n) is 6.97. The molecule has 1 fully saturated rings. The van der Waals surface area contributed by atoms with Gasteiger partial charge in [0.25, 0.3) is 0 Å². The summed E-state index contributed by atoms with van der Waals surface area (Å²) in [4.78, 5) is 25.1. The minimum Gasteiger partial charge on any atom is -0.391 e. The van der Waals surface area contributed by atoms with Gasteiger partial charge in [-0.05, 0) is 30.0 Å². The van der Waals surface area contributed by atoms with Crippen molar-refractivity contribution in [1.82, 2.24) is 10.2 Å². The molecule has 1 aromatic rings. The molecule has 2 atom stereocenters. The molecule has 0 saturated carbocycles. The van der Waals surface area contributed by atoms with Crippen LogP contribution in [0.25, 0.3) is 0 Å². The van der Waals surface area contributed by atoms with Gasteiger partial charge in [0.15, 0.2) is 0 Å². The third-order valence-corrected chi connectivity index (χ3v) is 3.77. The summed E-state index contributed by atoms with van der Waals surface area (Å²) in [5.41, 5.74) is 0.713. The molecule has 0 aliphatic carbocycles. The zero-order valence-electron chi connectivity index (χ0n) is 11.9. The van der Waals surface area contributed by atoms with Crippen molar-refractivity contribution in [3.05, 3.63) is 35.6 Å². The summed E-state index contributed by atoms with van der Waals surface area (Å²) in [6, 6.07) is 5.69. The Morgan fingerprint density at radius 3 is 2.67 bits per heavy atom. The molecular formula is C15H19FN2O3. The highest BCUT2D eigenvalue weighted by Gasteiger charge is 2.30. The lowest BCUT2D eigenvalue weighted by atomic mass is 9.96. The van der Waals surface area contributed by atoms with E-state index < -0.39 is 17.9 Å². The monoisotopic (exact) mass is 294 g/mol. The van der Waals surface area contributed by atoms with Crippen molar-refractivity contribution in [2.24, 2.45) is 5.92 Å². The zero-order chi connectivity index (χ0) is 15.4. The Labute approximate surface area is 122 Å². The molecule has 1 aromatic carbocycles. The largest absolute Gasteiger partial charge is 0.391 e. The van der Waals surface area contributed by atoms with Gasteiger partial charge >= 0.3 is 11.8 Å². The summed E-state index contributed by atoms with van der Waals surface area (Å²) in [6.45, 7) is 2.74. The third kappa shape index (κ3) is 4.01. The van der Waals surface area contributed by atoms with Crippen LogP contribution in [0.5, 0.6) is 0 Å². The topological polar surface area (TPSA) is 69.6 Å². The first-order valence-corrected chi connectivity index (χ1v) is 6.97. The van der Waals surface area contributed by atoms with Crippen LogP contribution in [0.2, 0.25) is 0 Å². The molecule has 1 saturated heterocycles. The number of aliphatic hydroxyl groups excluding tert-OH is 1. The average Bonchev–Trinajstić information content (AvgIpc) is 2.48. The Kier molecular flexibility index (Phi) is 4.90. The average molecular weight is 294 g/mol. The molecule has 2 unspecified atom stereocenters. The molecule has 114 valence electrons. The number of piperidine rings is 1. The lowest BCUT2D eigenvalue weighted by Crippen LogP contribution is -2.50. The van der Waals surface area contributed by atoms with Crippen molar-refractivity contribution in [1.29, 1.82) is 0 Å². The molecule has 2 N–H and O–H groups in total. The molecule has 5 nitrogen and oxygen atoms in total. The highest BCUT2D eigenvalue weighted by atomic mass is 19.1. The number of nitrogens with one attached hydrogen (secondary N) is 1. The van der Waals surface area contributed by atoms with Crippen molar-refractivity contribution in [3.63, 3.8) is 0 Å². The van der Waals surface area contributed by atoms with E-state index in [4.69, 9.17) is 0 Å². The van der Waals surface area contributed by atoms with E-state index in [-0.39, 0.29) is 24.8 Å². The van der Waals surface area contributed by atoms with Gasteiger partial charge in [0, 0.05) is 19.6 Å². The van der Waals surface area contributed by atoms with Crippen molar-refractivity contribution in [3.8, 4) is 0 Å². The fourth-order valence-electron chi connectivity index (χ4n) is 2.24. The number of β-amino-alcohol motifs (C(OH)–C–C–N with tert-alkyl or cyclic N) is 1. The fraction of sp³-hybridized carbons (Fsp3) is 0.467. The van der Waals surface area contributed by atoms with Gasteiger partial charge in [-0.3, -0.25) is 9.59 Å². The maximum Gasteiger partial charge on any atom is 0.311 e. The molecule has 0 radical (unpaired) electrons. The van der Waals surface area contributed by atoms with E-state index >= 15 is 0 Å². The van der Waals surface area contributed by atoms with Crippen molar-refractivity contribution in [2.45, 2.75) is 26.0 Å². The molecule has 1 heterocycles. The predicted octanol–water partition coefficient (Wildman–Crippen LogP) is 0.671. The number of halogens is 1. The normalized spacial score (nSPS) is 22.0. The van der Waals surface area contributed by atoms with Gasteiger partial charge in [-0.1, -0.05) is 19.1 Å². The molecule has 0 bridgehead atoms.